The number of fused-ring (bicyclic) bond motifs is 1. The number of benzene rings is 1. The lowest BCUT2D eigenvalue weighted by Crippen LogP contribution is -2.17. The minimum atomic E-state index is -0.984. The van der Waals surface area contributed by atoms with Crippen molar-refractivity contribution in [2.75, 3.05) is 13.2 Å². The van der Waals surface area contributed by atoms with Crippen LogP contribution in [-0.4, -0.2) is 24.3 Å². The van der Waals surface area contributed by atoms with E-state index >= 15 is 0 Å². The molecule has 0 saturated heterocycles. The third kappa shape index (κ3) is 1.67. The fourth-order valence-electron chi connectivity index (χ4n) is 1.48. The van der Waals surface area contributed by atoms with Gasteiger partial charge in [-0.1, -0.05) is 0 Å². The van der Waals surface area contributed by atoms with Crippen molar-refractivity contribution in [1.29, 1.82) is 0 Å². The number of carbonyl (C=O) groups is 1. The first kappa shape index (κ1) is 10.3. The number of aromatic carboxylic acids is 1. The van der Waals surface area contributed by atoms with E-state index in [9.17, 15) is 4.79 Å². The minimum absolute atomic E-state index is 0.191. The molecular formula is C10H9BrO4. The Morgan fingerprint density at radius 3 is 2.80 bits per heavy atom. The van der Waals surface area contributed by atoms with E-state index in [4.69, 9.17) is 14.6 Å². The molecule has 5 heteroatoms. The third-order valence-electron chi connectivity index (χ3n) is 2.22. The summed E-state index contributed by atoms with van der Waals surface area (Å²) in [4.78, 5) is 10.9. The summed E-state index contributed by atoms with van der Waals surface area (Å²) in [5.74, 6) is 0.138. The van der Waals surface area contributed by atoms with Crippen LogP contribution in [0.3, 0.4) is 0 Å². The van der Waals surface area contributed by atoms with Crippen LogP contribution in [0.5, 0.6) is 11.5 Å². The monoisotopic (exact) mass is 272 g/mol. The number of rotatable bonds is 1. The Hall–Kier alpha value is -1.23. The predicted octanol–water partition coefficient (Wildman–Crippen LogP) is 2.23. The molecule has 0 aromatic heterocycles. The predicted molar refractivity (Wildman–Crippen MR) is 56.8 cm³/mol. The summed E-state index contributed by atoms with van der Waals surface area (Å²) in [6, 6.07) is 1.48. The number of hydrogen-bond acceptors (Lipinski definition) is 3. The molecule has 4 nitrogen and oxygen atoms in total. The lowest BCUT2D eigenvalue weighted by Gasteiger charge is -2.21. The van der Waals surface area contributed by atoms with Crippen molar-refractivity contribution in [3.05, 3.63) is 21.7 Å². The molecule has 0 bridgehead atoms. The highest BCUT2D eigenvalue weighted by molar-refractivity contribution is 9.10. The molecule has 0 fully saturated rings. The number of carboxylic acids is 1. The van der Waals surface area contributed by atoms with Gasteiger partial charge in [-0.2, -0.15) is 0 Å². The van der Waals surface area contributed by atoms with Crippen molar-refractivity contribution >= 4 is 21.9 Å². The molecule has 0 amide bonds. The normalized spacial score (nSPS) is 13.7. The van der Waals surface area contributed by atoms with Crippen LogP contribution < -0.4 is 9.47 Å². The van der Waals surface area contributed by atoms with Crippen LogP contribution >= 0.6 is 15.9 Å². The largest absolute Gasteiger partial charge is 0.486 e. The van der Waals surface area contributed by atoms with E-state index in [0.717, 1.165) is 5.56 Å². The van der Waals surface area contributed by atoms with Gasteiger partial charge in [-0.25, -0.2) is 4.79 Å². The van der Waals surface area contributed by atoms with E-state index in [2.05, 4.69) is 15.9 Å². The SMILES string of the molecule is Cc1c(Br)c(C(=O)O)cc2c1OCCO2. The van der Waals surface area contributed by atoms with Gasteiger partial charge in [0.2, 0.25) is 0 Å². The maximum Gasteiger partial charge on any atom is 0.336 e. The zero-order chi connectivity index (χ0) is 11.0. The van der Waals surface area contributed by atoms with Gasteiger partial charge in [0.15, 0.2) is 11.5 Å². The zero-order valence-electron chi connectivity index (χ0n) is 8.04. The third-order valence-corrected chi connectivity index (χ3v) is 3.25. The van der Waals surface area contributed by atoms with E-state index in [0.29, 0.717) is 29.2 Å². The average Bonchev–Trinajstić information content (AvgIpc) is 2.23. The molecule has 15 heavy (non-hydrogen) atoms. The summed E-state index contributed by atoms with van der Waals surface area (Å²) in [6.45, 7) is 2.74. The quantitative estimate of drug-likeness (QED) is 0.852. The number of carboxylic acid groups (broad SMARTS) is 1. The Morgan fingerprint density at radius 2 is 2.13 bits per heavy atom. The van der Waals surface area contributed by atoms with Crippen LogP contribution in [0.1, 0.15) is 15.9 Å². The second-order valence-corrected chi connectivity index (χ2v) is 3.99. The molecule has 0 saturated carbocycles. The highest BCUT2D eigenvalue weighted by Gasteiger charge is 2.21. The van der Waals surface area contributed by atoms with Crippen molar-refractivity contribution in [1.82, 2.24) is 0 Å². The van der Waals surface area contributed by atoms with Crippen LogP contribution in [0, 0.1) is 6.92 Å². The Bertz CT molecular complexity index is 428. The summed E-state index contributed by atoms with van der Waals surface area (Å²) in [7, 11) is 0. The molecule has 0 aliphatic carbocycles. The Labute approximate surface area is 94.9 Å². The second-order valence-electron chi connectivity index (χ2n) is 3.19. The molecule has 2 rings (SSSR count). The first-order valence-corrected chi connectivity index (χ1v) is 5.22. The summed E-state index contributed by atoms with van der Waals surface area (Å²) >= 11 is 3.24. The highest BCUT2D eigenvalue weighted by Crippen LogP contribution is 2.39. The van der Waals surface area contributed by atoms with Crippen molar-refractivity contribution in [2.24, 2.45) is 0 Å². The van der Waals surface area contributed by atoms with Crippen molar-refractivity contribution < 1.29 is 19.4 Å². The molecular weight excluding hydrogens is 264 g/mol. The molecule has 1 aliphatic heterocycles. The smallest absolute Gasteiger partial charge is 0.336 e. The summed E-state index contributed by atoms with van der Waals surface area (Å²) < 4.78 is 11.3. The average molecular weight is 273 g/mol. The van der Waals surface area contributed by atoms with Gasteiger partial charge >= 0.3 is 5.97 Å². The molecule has 0 spiro atoms. The zero-order valence-corrected chi connectivity index (χ0v) is 9.63. The van der Waals surface area contributed by atoms with E-state index in [1.54, 1.807) is 6.92 Å². The lowest BCUT2D eigenvalue weighted by atomic mass is 10.1. The molecule has 0 unspecified atom stereocenters. The summed E-state index contributed by atoms with van der Waals surface area (Å²) in [5, 5.41) is 8.97. The van der Waals surface area contributed by atoms with E-state index in [1.165, 1.54) is 6.07 Å². The van der Waals surface area contributed by atoms with E-state index in [1.807, 2.05) is 0 Å². The van der Waals surface area contributed by atoms with Crippen LogP contribution in [0.25, 0.3) is 0 Å². The standard InChI is InChI=1S/C10H9BrO4/c1-5-8(11)6(10(12)13)4-7-9(5)15-3-2-14-7/h4H,2-3H2,1H3,(H,12,13). The van der Waals surface area contributed by atoms with Crippen molar-refractivity contribution in [3.63, 3.8) is 0 Å². The number of halogens is 1. The van der Waals surface area contributed by atoms with Crippen LogP contribution in [0.4, 0.5) is 0 Å². The Kier molecular flexibility index (Phi) is 2.56. The van der Waals surface area contributed by atoms with Crippen molar-refractivity contribution in [2.45, 2.75) is 6.92 Å². The van der Waals surface area contributed by atoms with Crippen molar-refractivity contribution in [3.8, 4) is 11.5 Å². The Morgan fingerprint density at radius 1 is 1.47 bits per heavy atom. The molecule has 1 aromatic carbocycles. The van der Waals surface area contributed by atoms with Crippen LogP contribution in [-0.2, 0) is 0 Å². The van der Waals surface area contributed by atoms with Gasteiger partial charge in [0.05, 0.1) is 5.56 Å². The van der Waals surface area contributed by atoms with Gasteiger partial charge in [0.1, 0.15) is 13.2 Å². The van der Waals surface area contributed by atoms with Gasteiger partial charge in [-0.3, -0.25) is 0 Å². The minimum Gasteiger partial charge on any atom is -0.486 e. The van der Waals surface area contributed by atoms with Gasteiger partial charge in [0.25, 0.3) is 0 Å². The number of hydrogen-bond donors (Lipinski definition) is 1. The molecule has 1 heterocycles. The molecule has 80 valence electrons. The van der Waals surface area contributed by atoms with E-state index < -0.39 is 5.97 Å². The molecule has 1 N–H and O–H groups in total. The van der Waals surface area contributed by atoms with Gasteiger partial charge < -0.3 is 14.6 Å². The topological polar surface area (TPSA) is 55.8 Å². The first-order chi connectivity index (χ1) is 7.11. The fraction of sp³-hybridized carbons (Fsp3) is 0.300. The van der Waals surface area contributed by atoms with Crippen LogP contribution in [0.2, 0.25) is 0 Å². The van der Waals surface area contributed by atoms with Gasteiger partial charge in [0, 0.05) is 10.0 Å². The fourth-order valence-corrected chi connectivity index (χ4v) is 1.95. The highest BCUT2D eigenvalue weighted by atomic mass is 79.9. The molecule has 0 radical (unpaired) electrons. The summed E-state index contributed by atoms with van der Waals surface area (Å²) in [6.07, 6.45) is 0. The Balaban J connectivity index is 2.63. The lowest BCUT2D eigenvalue weighted by molar-refractivity contribution is 0.0694. The molecule has 0 atom stereocenters. The molecule has 1 aliphatic rings. The molecule has 1 aromatic rings. The second kappa shape index (κ2) is 3.73. The number of ether oxygens (including phenoxy) is 2. The van der Waals surface area contributed by atoms with Gasteiger partial charge in [-0.15, -0.1) is 0 Å². The maximum atomic E-state index is 10.9. The van der Waals surface area contributed by atoms with Crippen LogP contribution in [0.15, 0.2) is 10.5 Å². The first-order valence-electron chi connectivity index (χ1n) is 4.43. The van der Waals surface area contributed by atoms with Gasteiger partial charge in [-0.05, 0) is 28.9 Å². The van der Waals surface area contributed by atoms with E-state index in [-0.39, 0.29) is 5.56 Å². The summed E-state index contributed by atoms with van der Waals surface area (Å²) in [5.41, 5.74) is 0.946. The maximum absolute atomic E-state index is 10.9.